The molecule has 2 unspecified atom stereocenters. The lowest BCUT2D eigenvalue weighted by Gasteiger charge is -2.19. The van der Waals surface area contributed by atoms with E-state index < -0.39 is 18.3 Å². The smallest absolute Gasteiger partial charge is 0.407 e. The number of aliphatic hydroxyl groups is 3. The minimum Gasteiger partial charge on any atom is -0.445 e. The summed E-state index contributed by atoms with van der Waals surface area (Å²) >= 11 is 3.30. The van der Waals surface area contributed by atoms with E-state index in [9.17, 15) is 20.1 Å². The third-order valence-corrected chi connectivity index (χ3v) is 4.64. The first-order valence-corrected chi connectivity index (χ1v) is 9.00. The van der Waals surface area contributed by atoms with Gasteiger partial charge in [0, 0.05) is 11.0 Å². The summed E-state index contributed by atoms with van der Waals surface area (Å²) in [5.74, 6) is 0. The molecule has 1 amide bonds. The Morgan fingerprint density at radius 1 is 1.15 bits per heavy atom. The Morgan fingerprint density at radius 3 is 2.58 bits per heavy atom. The monoisotopic (exact) mass is 423 g/mol. The Labute approximate surface area is 160 Å². The van der Waals surface area contributed by atoms with Gasteiger partial charge in [-0.1, -0.05) is 52.3 Å². The number of hydrogen-bond donors (Lipinski definition) is 4. The molecule has 0 heterocycles. The number of hydrogen-bond acceptors (Lipinski definition) is 5. The third-order valence-electron chi connectivity index (χ3n) is 3.87. The van der Waals surface area contributed by atoms with E-state index in [1.165, 1.54) is 0 Å². The van der Waals surface area contributed by atoms with Crippen molar-refractivity contribution in [2.45, 2.75) is 31.8 Å². The van der Waals surface area contributed by atoms with Crippen LogP contribution in [0.2, 0.25) is 0 Å². The van der Waals surface area contributed by atoms with Crippen LogP contribution in [0.4, 0.5) is 4.79 Å². The van der Waals surface area contributed by atoms with Crippen molar-refractivity contribution in [3.8, 4) is 0 Å². The van der Waals surface area contributed by atoms with E-state index in [1.54, 1.807) is 18.2 Å². The fraction of sp³-hybridized carbons (Fsp3) is 0.316. The zero-order valence-corrected chi connectivity index (χ0v) is 15.7. The zero-order chi connectivity index (χ0) is 18.9. The average molecular weight is 424 g/mol. The van der Waals surface area contributed by atoms with Crippen LogP contribution in [0.1, 0.15) is 29.2 Å². The van der Waals surface area contributed by atoms with Gasteiger partial charge in [0.2, 0.25) is 0 Å². The summed E-state index contributed by atoms with van der Waals surface area (Å²) in [7, 11) is 0. The average Bonchev–Trinajstić information content (AvgIpc) is 2.67. The Morgan fingerprint density at radius 2 is 1.88 bits per heavy atom. The second-order valence-corrected chi connectivity index (χ2v) is 6.65. The summed E-state index contributed by atoms with van der Waals surface area (Å²) in [5, 5.41) is 32.1. The van der Waals surface area contributed by atoms with Gasteiger partial charge in [0.15, 0.2) is 0 Å². The first kappa shape index (κ1) is 20.4. The van der Waals surface area contributed by atoms with E-state index in [4.69, 9.17) is 4.74 Å². The normalized spacial score (nSPS) is 13.1. The molecule has 4 N–H and O–H groups in total. The Kier molecular flexibility index (Phi) is 8.06. The number of rotatable bonds is 8. The maximum atomic E-state index is 11.6. The lowest BCUT2D eigenvalue weighted by atomic mass is 10.0. The molecule has 2 atom stereocenters. The van der Waals surface area contributed by atoms with Crippen LogP contribution < -0.4 is 5.32 Å². The molecule has 2 aromatic rings. The molecule has 0 aliphatic heterocycles. The first-order valence-electron chi connectivity index (χ1n) is 8.21. The lowest BCUT2D eigenvalue weighted by Crippen LogP contribution is -2.29. The lowest BCUT2D eigenvalue weighted by molar-refractivity contribution is 0.0135. The maximum Gasteiger partial charge on any atom is 0.407 e. The van der Waals surface area contributed by atoms with Crippen molar-refractivity contribution < 1.29 is 24.9 Å². The SMILES string of the molecule is O=C(NCCC(O)C(O)c1ccc(Br)c(CO)c1)OCc1ccccc1. The van der Waals surface area contributed by atoms with Crippen molar-refractivity contribution in [2.24, 2.45) is 0 Å². The molecule has 2 aromatic carbocycles. The summed E-state index contributed by atoms with van der Waals surface area (Å²) in [6.07, 6.45) is -2.60. The van der Waals surface area contributed by atoms with Crippen LogP contribution in [0, 0.1) is 0 Å². The predicted molar refractivity (Wildman–Crippen MR) is 100 cm³/mol. The van der Waals surface area contributed by atoms with Crippen molar-refractivity contribution in [1.82, 2.24) is 5.32 Å². The van der Waals surface area contributed by atoms with Crippen LogP contribution in [0.25, 0.3) is 0 Å². The second-order valence-electron chi connectivity index (χ2n) is 5.80. The van der Waals surface area contributed by atoms with E-state index in [0.29, 0.717) is 11.1 Å². The van der Waals surface area contributed by atoms with E-state index in [0.717, 1.165) is 10.0 Å². The molecule has 0 bridgehead atoms. The van der Waals surface area contributed by atoms with Gasteiger partial charge in [0.05, 0.1) is 12.7 Å². The van der Waals surface area contributed by atoms with Crippen LogP contribution in [0.3, 0.4) is 0 Å². The molecule has 26 heavy (non-hydrogen) atoms. The van der Waals surface area contributed by atoms with Crippen LogP contribution in [0.15, 0.2) is 53.0 Å². The number of alkyl carbamates (subject to hydrolysis) is 1. The van der Waals surface area contributed by atoms with Crippen molar-refractivity contribution in [1.29, 1.82) is 0 Å². The van der Waals surface area contributed by atoms with Gasteiger partial charge in [-0.05, 0) is 35.2 Å². The molecular weight excluding hydrogens is 402 g/mol. The van der Waals surface area contributed by atoms with Crippen LogP contribution >= 0.6 is 15.9 Å². The quantitative estimate of drug-likeness (QED) is 0.522. The van der Waals surface area contributed by atoms with Gasteiger partial charge in [-0.2, -0.15) is 0 Å². The largest absolute Gasteiger partial charge is 0.445 e. The summed E-state index contributed by atoms with van der Waals surface area (Å²) in [6, 6.07) is 14.3. The fourth-order valence-electron chi connectivity index (χ4n) is 2.38. The molecule has 7 heteroatoms. The van der Waals surface area contributed by atoms with Crippen molar-refractivity contribution >= 4 is 22.0 Å². The summed E-state index contributed by atoms with van der Waals surface area (Å²) in [5.41, 5.74) is 2.00. The highest BCUT2D eigenvalue weighted by molar-refractivity contribution is 9.10. The van der Waals surface area contributed by atoms with Gasteiger partial charge in [0.1, 0.15) is 12.7 Å². The number of ether oxygens (including phenoxy) is 1. The summed E-state index contributed by atoms with van der Waals surface area (Å²) < 4.78 is 5.80. The molecule has 0 aromatic heterocycles. The second kappa shape index (κ2) is 10.3. The molecule has 2 rings (SSSR count). The molecule has 0 spiro atoms. The Hall–Kier alpha value is -1.93. The van der Waals surface area contributed by atoms with E-state index in [-0.39, 0.29) is 26.2 Å². The minimum atomic E-state index is -1.12. The van der Waals surface area contributed by atoms with Crippen molar-refractivity contribution in [2.75, 3.05) is 6.54 Å². The van der Waals surface area contributed by atoms with Crippen molar-refractivity contribution in [3.05, 3.63) is 69.7 Å². The van der Waals surface area contributed by atoms with E-state index >= 15 is 0 Å². The zero-order valence-electron chi connectivity index (χ0n) is 14.1. The Bertz CT molecular complexity index is 710. The molecule has 0 saturated carbocycles. The number of nitrogens with one attached hydrogen (secondary N) is 1. The van der Waals surface area contributed by atoms with E-state index in [2.05, 4.69) is 21.2 Å². The van der Waals surface area contributed by atoms with Crippen molar-refractivity contribution in [3.63, 3.8) is 0 Å². The molecule has 0 aliphatic carbocycles. The maximum absolute atomic E-state index is 11.6. The van der Waals surface area contributed by atoms with Gasteiger partial charge in [0.25, 0.3) is 0 Å². The number of amides is 1. The minimum absolute atomic E-state index is 0.159. The summed E-state index contributed by atoms with van der Waals surface area (Å²) in [4.78, 5) is 11.6. The molecule has 6 nitrogen and oxygen atoms in total. The van der Waals surface area contributed by atoms with E-state index in [1.807, 2.05) is 30.3 Å². The fourth-order valence-corrected chi connectivity index (χ4v) is 2.75. The van der Waals surface area contributed by atoms with Crippen LogP contribution in [0.5, 0.6) is 0 Å². The highest BCUT2D eigenvalue weighted by Crippen LogP contribution is 2.24. The molecule has 0 fully saturated rings. The van der Waals surface area contributed by atoms with Crippen LogP contribution in [-0.2, 0) is 18.0 Å². The number of halogens is 1. The Balaban J connectivity index is 1.75. The van der Waals surface area contributed by atoms with Gasteiger partial charge in [-0.15, -0.1) is 0 Å². The topological polar surface area (TPSA) is 99.0 Å². The van der Waals surface area contributed by atoms with Crippen LogP contribution in [-0.4, -0.2) is 34.1 Å². The number of carbonyl (C=O) groups excluding carboxylic acids is 1. The highest BCUT2D eigenvalue weighted by Gasteiger charge is 2.19. The standard InChI is InChI=1S/C19H22BrNO5/c20-16-7-6-14(10-15(16)11-22)18(24)17(23)8-9-21-19(25)26-12-13-4-2-1-3-5-13/h1-7,10,17-18,22-24H,8-9,11-12H2,(H,21,25). The first-order chi connectivity index (χ1) is 12.5. The molecular formula is C19H22BrNO5. The number of benzene rings is 2. The van der Waals surface area contributed by atoms with Gasteiger partial charge >= 0.3 is 6.09 Å². The number of carbonyl (C=O) groups is 1. The van der Waals surface area contributed by atoms with Gasteiger partial charge in [-0.25, -0.2) is 4.79 Å². The molecule has 0 aliphatic rings. The molecule has 0 saturated heterocycles. The molecule has 0 radical (unpaired) electrons. The highest BCUT2D eigenvalue weighted by atomic mass is 79.9. The van der Waals surface area contributed by atoms with Gasteiger partial charge < -0.3 is 25.4 Å². The van der Waals surface area contributed by atoms with Gasteiger partial charge in [-0.3, -0.25) is 0 Å². The molecule has 140 valence electrons. The third kappa shape index (κ3) is 6.10. The number of aliphatic hydroxyl groups excluding tert-OH is 3. The summed E-state index contributed by atoms with van der Waals surface area (Å²) in [6.45, 7) is 0.155. The predicted octanol–water partition coefficient (Wildman–Crippen LogP) is 2.65.